The summed E-state index contributed by atoms with van der Waals surface area (Å²) in [6, 6.07) is 0. The zero-order valence-corrected chi connectivity index (χ0v) is 10.5. The van der Waals surface area contributed by atoms with Crippen molar-refractivity contribution in [3.05, 3.63) is 0 Å². The Kier molecular flexibility index (Phi) is 7.39. The van der Waals surface area contributed by atoms with Gasteiger partial charge in [-0.05, 0) is 11.8 Å². The first-order valence-corrected chi connectivity index (χ1v) is 5.69. The summed E-state index contributed by atoms with van der Waals surface area (Å²) in [7, 11) is 0. The van der Waals surface area contributed by atoms with Gasteiger partial charge in [0.15, 0.2) is 0 Å². The molecule has 0 bridgehead atoms. The minimum absolute atomic E-state index is 0.0728. The van der Waals surface area contributed by atoms with Crippen molar-refractivity contribution >= 4 is 5.97 Å². The topological polar surface area (TPSA) is 35.5 Å². The summed E-state index contributed by atoms with van der Waals surface area (Å²) in [5.74, 6) is -0.254. The van der Waals surface area contributed by atoms with E-state index in [1.165, 1.54) is 0 Å². The third-order valence-corrected chi connectivity index (χ3v) is 1.77. The molecule has 0 aliphatic carbocycles. The van der Waals surface area contributed by atoms with Gasteiger partial charge >= 0.3 is 5.97 Å². The van der Waals surface area contributed by atoms with E-state index in [0.717, 1.165) is 19.3 Å². The Balaban J connectivity index is 3.34. The van der Waals surface area contributed by atoms with E-state index in [-0.39, 0.29) is 18.0 Å². The molecular formula is C12H24O3. The van der Waals surface area contributed by atoms with E-state index >= 15 is 0 Å². The van der Waals surface area contributed by atoms with Crippen molar-refractivity contribution in [2.45, 2.75) is 47.0 Å². The minimum atomic E-state index is -0.254. The number of hydrogen-bond acceptors (Lipinski definition) is 3. The van der Waals surface area contributed by atoms with Crippen molar-refractivity contribution in [1.82, 2.24) is 0 Å². The minimum Gasteiger partial charge on any atom is -0.464 e. The molecule has 0 aliphatic rings. The quantitative estimate of drug-likeness (QED) is 0.485. The highest BCUT2D eigenvalue weighted by atomic mass is 16.6. The molecule has 0 aromatic heterocycles. The SMILES string of the molecule is CCCCCOC(=O)COCC(C)(C)C. The van der Waals surface area contributed by atoms with Crippen LogP contribution in [0.5, 0.6) is 0 Å². The summed E-state index contributed by atoms with van der Waals surface area (Å²) in [4.78, 5) is 11.1. The molecule has 0 atom stereocenters. The van der Waals surface area contributed by atoms with Crippen LogP contribution < -0.4 is 0 Å². The lowest BCUT2D eigenvalue weighted by Crippen LogP contribution is -2.20. The van der Waals surface area contributed by atoms with E-state index in [4.69, 9.17) is 9.47 Å². The van der Waals surface area contributed by atoms with Gasteiger partial charge < -0.3 is 9.47 Å². The molecule has 0 fully saturated rings. The molecule has 0 aromatic carbocycles. The van der Waals surface area contributed by atoms with Gasteiger partial charge in [0.05, 0.1) is 13.2 Å². The van der Waals surface area contributed by atoms with Gasteiger partial charge in [0.1, 0.15) is 6.61 Å². The van der Waals surface area contributed by atoms with Crippen molar-refractivity contribution in [2.75, 3.05) is 19.8 Å². The maximum atomic E-state index is 11.1. The third-order valence-electron chi connectivity index (χ3n) is 1.77. The first kappa shape index (κ1) is 14.4. The molecule has 3 nitrogen and oxygen atoms in total. The van der Waals surface area contributed by atoms with Gasteiger partial charge in [0.2, 0.25) is 0 Å². The predicted octanol–water partition coefficient (Wildman–Crippen LogP) is 2.78. The predicted molar refractivity (Wildman–Crippen MR) is 60.8 cm³/mol. The van der Waals surface area contributed by atoms with Crippen LogP contribution in [0, 0.1) is 5.41 Å². The fourth-order valence-electron chi connectivity index (χ4n) is 1.02. The second-order valence-electron chi connectivity index (χ2n) is 4.98. The van der Waals surface area contributed by atoms with Crippen molar-refractivity contribution < 1.29 is 14.3 Å². The van der Waals surface area contributed by atoms with E-state index in [0.29, 0.717) is 13.2 Å². The Labute approximate surface area is 93.1 Å². The molecular weight excluding hydrogens is 192 g/mol. The number of esters is 1. The Morgan fingerprint density at radius 1 is 1.20 bits per heavy atom. The number of ether oxygens (including phenoxy) is 2. The molecule has 0 heterocycles. The lowest BCUT2D eigenvalue weighted by Gasteiger charge is -2.17. The number of rotatable bonds is 7. The summed E-state index contributed by atoms with van der Waals surface area (Å²) in [5.41, 5.74) is 0.0997. The Bertz CT molecular complexity index is 170. The van der Waals surface area contributed by atoms with Crippen molar-refractivity contribution in [1.29, 1.82) is 0 Å². The average Bonchev–Trinajstić information content (AvgIpc) is 2.10. The molecule has 0 N–H and O–H groups in total. The summed E-state index contributed by atoms with van der Waals surface area (Å²) in [6.07, 6.45) is 3.19. The summed E-state index contributed by atoms with van der Waals surface area (Å²) in [5, 5.41) is 0. The molecule has 15 heavy (non-hydrogen) atoms. The number of carbonyl (C=O) groups is 1. The standard InChI is InChI=1S/C12H24O3/c1-5-6-7-8-15-11(13)9-14-10-12(2,3)4/h5-10H2,1-4H3. The third kappa shape index (κ3) is 11.4. The van der Waals surface area contributed by atoms with Gasteiger partial charge in [0.25, 0.3) is 0 Å². The highest BCUT2D eigenvalue weighted by molar-refractivity contribution is 5.70. The van der Waals surface area contributed by atoms with E-state index < -0.39 is 0 Å². The highest BCUT2D eigenvalue weighted by Gasteiger charge is 2.11. The second-order valence-corrected chi connectivity index (χ2v) is 4.98. The molecule has 0 spiro atoms. The van der Waals surface area contributed by atoms with Crippen LogP contribution in [0.25, 0.3) is 0 Å². The summed E-state index contributed by atoms with van der Waals surface area (Å²) in [6.45, 7) is 9.50. The molecule has 0 radical (unpaired) electrons. The van der Waals surface area contributed by atoms with Gasteiger partial charge in [-0.3, -0.25) is 0 Å². The smallest absolute Gasteiger partial charge is 0.332 e. The zero-order chi connectivity index (χ0) is 11.7. The number of unbranched alkanes of at least 4 members (excludes halogenated alkanes) is 2. The van der Waals surface area contributed by atoms with Gasteiger partial charge in [-0.25, -0.2) is 4.79 Å². The Morgan fingerprint density at radius 2 is 1.87 bits per heavy atom. The first-order chi connectivity index (χ1) is 6.95. The molecule has 0 aliphatic heterocycles. The van der Waals surface area contributed by atoms with Crippen LogP contribution in [0.15, 0.2) is 0 Å². The highest BCUT2D eigenvalue weighted by Crippen LogP contribution is 2.12. The Morgan fingerprint density at radius 3 is 2.40 bits per heavy atom. The molecule has 3 heteroatoms. The van der Waals surface area contributed by atoms with E-state index in [1.54, 1.807) is 0 Å². The second kappa shape index (κ2) is 7.69. The monoisotopic (exact) mass is 216 g/mol. The van der Waals surface area contributed by atoms with Crippen LogP contribution in [-0.2, 0) is 14.3 Å². The van der Waals surface area contributed by atoms with Crippen LogP contribution in [-0.4, -0.2) is 25.8 Å². The van der Waals surface area contributed by atoms with Gasteiger partial charge in [0, 0.05) is 0 Å². The maximum Gasteiger partial charge on any atom is 0.332 e. The fraction of sp³-hybridized carbons (Fsp3) is 0.917. The first-order valence-electron chi connectivity index (χ1n) is 5.69. The van der Waals surface area contributed by atoms with Crippen LogP contribution in [0.1, 0.15) is 47.0 Å². The van der Waals surface area contributed by atoms with Crippen LogP contribution in [0.4, 0.5) is 0 Å². The van der Waals surface area contributed by atoms with Crippen LogP contribution in [0.3, 0.4) is 0 Å². The lowest BCUT2D eigenvalue weighted by molar-refractivity contribution is -0.150. The fourth-order valence-corrected chi connectivity index (χ4v) is 1.02. The summed E-state index contributed by atoms with van der Waals surface area (Å²) < 4.78 is 10.2. The lowest BCUT2D eigenvalue weighted by atomic mass is 9.99. The van der Waals surface area contributed by atoms with Gasteiger partial charge in [-0.1, -0.05) is 40.5 Å². The van der Waals surface area contributed by atoms with Crippen molar-refractivity contribution in [3.8, 4) is 0 Å². The molecule has 0 saturated carbocycles. The Hall–Kier alpha value is -0.570. The largest absolute Gasteiger partial charge is 0.464 e. The average molecular weight is 216 g/mol. The van der Waals surface area contributed by atoms with Crippen LogP contribution in [0.2, 0.25) is 0 Å². The molecule has 90 valence electrons. The van der Waals surface area contributed by atoms with Gasteiger partial charge in [-0.15, -0.1) is 0 Å². The van der Waals surface area contributed by atoms with Gasteiger partial charge in [-0.2, -0.15) is 0 Å². The maximum absolute atomic E-state index is 11.1. The van der Waals surface area contributed by atoms with E-state index in [1.807, 2.05) is 0 Å². The van der Waals surface area contributed by atoms with E-state index in [9.17, 15) is 4.79 Å². The molecule has 0 saturated heterocycles. The molecule has 0 unspecified atom stereocenters. The normalized spacial score (nSPS) is 11.5. The zero-order valence-electron chi connectivity index (χ0n) is 10.5. The van der Waals surface area contributed by atoms with Crippen molar-refractivity contribution in [3.63, 3.8) is 0 Å². The molecule has 0 amide bonds. The van der Waals surface area contributed by atoms with E-state index in [2.05, 4.69) is 27.7 Å². The van der Waals surface area contributed by atoms with Crippen molar-refractivity contribution in [2.24, 2.45) is 5.41 Å². The number of hydrogen-bond donors (Lipinski definition) is 0. The van der Waals surface area contributed by atoms with Crippen LogP contribution >= 0.6 is 0 Å². The number of carbonyl (C=O) groups excluding carboxylic acids is 1. The molecule has 0 rings (SSSR count). The molecule has 0 aromatic rings. The summed E-state index contributed by atoms with van der Waals surface area (Å²) >= 11 is 0.